The number of anilines is 1. The van der Waals surface area contributed by atoms with Crippen LogP contribution in [0.5, 0.6) is 5.75 Å². The fourth-order valence-electron chi connectivity index (χ4n) is 2.87. The summed E-state index contributed by atoms with van der Waals surface area (Å²) in [5.41, 5.74) is 0.902. The molecule has 0 aliphatic carbocycles. The van der Waals surface area contributed by atoms with E-state index in [1.165, 1.54) is 11.3 Å². The van der Waals surface area contributed by atoms with Gasteiger partial charge in [0.15, 0.2) is 11.7 Å². The smallest absolute Gasteiger partial charge is 0.266 e. The van der Waals surface area contributed by atoms with E-state index < -0.39 is 0 Å². The maximum Gasteiger partial charge on any atom is 0.266 e. The Labute approximate surface area is 167 Å². The van der Waals surface area contributed by atoms with Gasteiger partial charge in [0, 0.05) is 25.5 Å². The summed E-state index contributed by atoms with van der Waals surface area (Å²) in [6.45, 7) is 1.33. The fraction of sp³-hybridized carbons (Fsp3) is 0.190. The first-order chi connectivity index (χ1) is 13.8. The molecule has 0 fully saturated rings. The third kappa shape index (κ3) is 4.37. The number of aryl methyl sites for hydroxylation is 1. The highest BCUT2D eigenvalue weighted by Crippen LogP contribution is 2.29. The molecule has 0 aliphatic heterocycles. The second kappa shape index (κ2) is 8.67. The Bertz CT molecular complexity index is 998. The van der Waals surface area contributed by atoms with Crippen LogP contribution < -0.4 is 9.64 Å². The number of aromatic nitrogens is 3. The zero-order valence-corrected chi connectivity index (χ0v) is 16.1. The van der Waals surface area contributed by atoms with Crippen LogP contribution in [0.25, 0.3) is 10.2 Å². The first kappa shape index (κ1) is 18.2. The molecule has 2 aromatic heterocycles. The van der Waals surface area contributed by atoms with Gasteiger partial charge in [0.1, 0.15) is 5.75 Å². The van der Waals surface area contributed by atoms with Gasteiger partial charge >= 0.3 is 0 Å². The van der Waals surface area contributed by atoms with Crippen LogP contribution in [-0.4, -0.2) is 33.6 Å². The van der Waals surface area contributed by atoms with E-state index in [0.29, 0.717) is 17.4 Å². The number of benzene rings is 2. The highest BCUT2D eigenvalue weighted by atomic mass is 32.1. The molecule has 2 aromatic carbocycles. The van der Waals surface area contributed by atoms with Gasteiger partial charge in [-0.05, 0) is 30.7 Å². The van der Waals surface area contributed by atoms with E-state index in [9.17, 15) is 4.79 Å². The Hall–Kier alpha value is -3.19. The van der Waals surface area contributed by atoms with Gasteiger partial charge in [-0.15, -0.1) is 0 Å². The predicted octanol–water partition coefficient (Wildman–Crippen LogP) is 4.00. The molecule has 0 saturated carbocycles. The summed E-state index contributed by atoms with van der Waals surface area (Å²) < 4.78 is 8.73. The van der Waals surface area contributed by atoms with Crippen molar-refractivity contribution >= 4 is 32.6 Å². The van der Waals surface area contributed by atoms with Gasteiger partial charge in [0.2, 0.25) is 0 Å². The molecule has 2 heterocycles. The first-order valence-electron chi connectivity index (χ1n) is 9.09. The molecule has 0 N–H and O–H groups in total. The molecule has 142 valence electrons. The minimum Gasteiger partial charge on any atom is -0.484 e. The molecule has 1 amide bonds. The predicted molar refractivity (Wildman–Crippen MR) is 111 cm³/mol. The van der Waals surface area contributed by atoms with Gasteiger partial charge in [-0.2, -0.15) is 0 Å². The highest BCUT2D eigenvalue weighted by molar-refractivity contribution is 7.22. The Kier molecular flexibility index (Phi) is 5.63. The number of amides is 1. The average molecular weight is 392 g/mol. The topological polar surface area (TPSA) is 60.2 Å². The number of hydrogen-bond acceptors (Lipinski definition) is 5. The molecule has 6 nitrogen and oxygen atoms in total. The number of nitrogens with zero attached hydrogens (tertiary/aromatic N) is 4. The molecule has 0 aliphatic rings. The molecule has 0 radical (unpaired) electrons. The van der Waals surface area contributed by atoms with Crippen molar-refractivity contribution in [1.82, 2.24) is 14.5 Å². The van der Waals surface area contributed by atoms with Crippen LogP contribution >= 0.6 is 11.3 Å². The van der Waals surface area contributed by atoms with Crippen molar-refractivity contribution in [3.8, 4) is 5.75 Å². The van der Waals surface area contributed by atoms with Crippen molar-refractivity contribution in [2.24, 2.45) is 0 Å². The lowest BCUT2D eigenvalue weighted by Gasteiger charge is -2.20. The lowest BCUT2D eigenvalue weighted by Crippen LogP contribution is -2.36. The third-order valence-electron chi connectivity index (χ3n) is 4.28. The van der Waals surface area contributed by atoms with Crippen LogP contribution in [0, 0.1) is 0 Å². The van der Waals surface area contributed by atoms with E-state index in [4.69, 9.17) is 4.74 Å². The molecule has 0 atom stereocenters. The van der Waals surface area contributed by atoms with Crippen molar-refractivity contribution in [3.05, 3.63) is 73.3 Å². The van der Waals surface area contributed by atoms with Crippen LogP contribution in [0.1, 0.15) is 6.42 Å². The van der Waals surface area contributed by atoms with Crippen molar-refractivity contribution in [2.75, 3.05) is 18.1 Å². The van der Waals surface area contributed by atoms with E-state index in [-0.39, 0.29) is 12.5 Å². The minimum atomic E-state index is -0.103. The van der Waals surface area contributed by atoms with Crippen molar-refractivity contribution in [1.29, 1.82) is 0 Å². The molecule has 4 rings (SSSR count). The molecular weight excluding hydrogens is 372 g/mol. The molecule has 0 bridgehead atoms. The second-order valence-electron chi connectivity index (χ2n) is 6.27. The number of fused-ring (bicyclic) bond motifs is 1. The van der Waals surface area contributed by atoms with Crippen LogP contribution in [0.4, 0.5) is 5.13 Å². The maximum atomic E-state index is 12.9. The molecular formula is C21H20N4O2S. The normalized spacial score (nSPS) is 10.9. The number of carbonyl (C=O) groups is 1. The number of thiazole rings is 1. The molecule has 0 unspecified atom stereocenters. The third-order valence-corrected chi connectivity index (χ3v) is 5.34. The number of rotatable bonds is 8. The monoisotopic (exact) mass is 392 g/mol. The SMILES string of the molecule is O=C(COc1ccccc1)N(CCCn1ccnc1)c1nc2ccccc2s1. The summed E-state index contributed by atoms with van der Waals surface area (Å²) in [4.78, 5) is 23.4. The Balaban J connectivity index is 1.48. The molecule has 0 saturated heterocycles. The number of carbonyl (C=O) groups excluding carboxylic acids is 1. The van der Waals surface area contributed by atoms with Gasteiger partial charge in [0.25, 0.3) is 5.91 Å². The van der Waals surface area contributed by atoms with E-state index >= 15 is 0 Å². The molecule has 7 heteroatoms. The van der Waals surface area contributed by atoms with E-state index in [1.807, 2.05) is 65.4 Å². The average Bonchev–Trinajstić information content (AvgIpc) is 3.39. The van der Waals surface area contributed by atoms with Gasteiger partial charge < -0.3 is 9.30 Å². The summed E-state index contributed by atoms with van der Waals surface area (Å²) in [6.07, 6.45) is 6.25. The first-order valence-corrected chi connectivity index (χ1v) is 9.91. The Morgan fingerprint density at radius 3 is 2.71 bits per heavy atom. The van der Waals surface area contributed by atoms with Crippen molar-refractivity contribution in [2.45, 2.75) is 13.0 Å². The fourth-order valence-corrected chi connectivity index (χ4v) is 3.88. The van der Waals surface area contributed by atoms with Crippen LogP contribution in [0.2, 0.25) is 0 Å². The van der Waals surface area contributed by atoms with Gasteiger partial charge in [-0.3, -0.25) is 9.69 Å². The van der Waals surface area contributed by atoms with Gasteiger partial charge in [0.05, 0.1) is 16.5 Å². The minimum absolute atomic E-state index is 0.0228. The summed E-state index contributed by atoms with van der Waals surface area (Å²) in [5, 5.41) is 0.702. The maximum absolute atomic E-state index is 12.9. The number of hydrogen-bond donors (Lipinski definition) is 0. The summed E-state index contributed by atoms with van der Waals surface area (Å²) in [7, 11) is 0. The summed E-state index contributed by atoms with van der Waals surface area (Å²) in [6, 6.07) is 17.3. The van der Waals surface area contributed by atoms with Crippen molar-refractivity contribution < 1.29 is 9.53 Å². The van der Waals surface area contributed by atoms with Crippen LogP contribution in [0.3, 0.4) is 0 Å². The second-order valence-corrected chi connectivity index (χ2v) is 7.27. The number of imidazole rings is 1. The highest BCUT2D eigenvalue weighted by Gasteiger charge is 2.20. The summed E-state index contributed by atoms with van der Waals surface area (Å²) >= 11 is 1.52. The standard InChI is InChI=1S/C21H20N4O2S/c26-20(15-27-17-7-2-1-3-8-17)25(13-6-12-24-14-11-22-16-24)21-23-18-9-4-5-10-19(18)28-21/h1-5,7-11,14,16H,6,12-13,15H2. The zero-order chi connectivity index (χ0) is 19.2. The number of para-hydroxylation sites is 2. The van der Waals surface area contributed by atoms with Gasteiger partial charge in [-0.1, -0.05) is 41.7 Å². The van der Waals surface area contributed by atoms with Crippen molar-refractivity contribution in [3.63, 3.8) is 0 Å². The molecule has 28 heavy (non-hydrogen) atoms. The Morgan fingerprint density at radius 1 is 1.11 bits per heavy atom. The Morgan fingerprint density at radius 2 is 1.93 bits per heavy atom. The van der Waals surface area contributed by atoms with Gasteiger partial charge in [-0.25, -0.2) is 9.97 Å². The zero-order valence-electron chi connectivity index (χ0n) is 15.3. The van der Waals surface area contributed by atoms with Crippen LogP contribution in [-0.2, 0) is 11.3 Å². The lowest BCUT2D eigenvalue weighted by atomic mass is 10.3. The van der Waals surface area contributed by atoms with E-state index in [2.05, 4.69) is 9.97 Å². The van der Waals surface area contributed by atoms with E-state index in [1.54, 1.807) is 17.4 Å². The number of ether oxygens (including phenoxy) is 1. The lowest BCUT2D eigenvalue weighted by molar-refractivity contribution is -0.120. The quantitative estimate of drug-likeness (QED) is 0.455. The van der Waals surface area contributed by atoms with E-state index in [0.717, 1.165) is 23.2 Å². The largest absolute Gasteiger partial charge is 0.484 e. The molecule has 0 spiro atoms. The van der Waals surface area contributed by atoms with Crippen LogP contribution in [0.15, 0.2) is 73.3 Å². The summed E-state index contributed by atoms with van der Waals surface area (Å²) in [5.74, 6) is 0.576. The molecule has 4 aromatic rings.